The van der Waals surface area contributed by atoms with Gasteiger partial charge in [-0.25, -0.2) is 4.39 Å². The lowest BCUT2D eigenvalue weighted by Crippen LogP contribution is -2.43. The van der Waals surface area contributed by atoms with Gasteiger partial charge in [-0.3, -0.25) is 9.59 Å². The second-order valence-electron chi connectivity index (χ2n) is 7.68. The van der Waals surface area contributed by atoms with Crippen molar-refractivity contribution in [2.45, 2.75) is 25.6 Å². The molecule has 0 radical (unpaired) electrons. The van der Waals surface area contributed by atoms with E-state index in [2.05, 4.69) is 5.32 Å². The molecule has 0 spiro atoms. The summed E-state index contributed by atoms with van der Waals surface area (Å²) in [7, 11) is 2.97. The first kappa shape index (κ1) is 24.3. The molecule has 3 rings (SSSR count). The molecule has 6 nitrogen and oxygen atoms in total. The average Bonchev–Trinajstić information content (AvgIpc) is 2.81. The zero-order valence-corrected chi connectivity index (χ0v) is 18.2. The van der Waals surface area contributed by atoms with Crippen LogP contribution < -0.4 is 14.8 Å². The maximum Gasteiger partial charge on any atom is 0.416 e. The van der Waals surface area contributed by atoms with E-state index in [9.17, 15) is 27.2 Å². The average molecular weight is 468 g/mol. The normalized spacial score (nSPS) is 14.7. The van der Waals surface area contributed by atoms with Gasteiger partial charge in [-0.1, -0.05) is 6.07 Å². The monoisotopic (exact) mass is 468 g/mol. The van der Waals surface area contributed by atoms with Crippen LogP contribution in [0.2, 0.25) is 0 Å². The third kappa shape index (κ3) is 5.94. The summed E-state index contributed by atoms with van der Waals surface area (Å²) in [6.07, 6.45) is -3.99. The van der Waals surface area contributed by atoms with Crippen LogP contribution in [0.1, 0.15) is 34.3 Å². The predicted molar refractivity (Wildman–Crippen MR) is 111 cm³/mol. The molecule has 0 atom stereocenters. The zero-order chi connectivity index (χ0) is 24.2. The Morgan fingerprint density at radius 1 is 1.03 bits per heavy atom. The van der Waals surface area contributed by atoms with Crippen molar-refractivity contribution in [3.05, 3.63) is 58.9 Å². The smallest absolute Gasteiger partial charge is 0.416 e. The Hall–Kier alpha value is -3.30. The van der Waals surface area contributed by atoms with Gasteiger partial charge in [-0.05, 0) is 42.7 Å². The first-order valence-corrected chi connectivity index (χ1v) is 10.3. The summed E-state index contributed by atoms with van der Waals surface area (Å²) in [5.41, 5.74) is -0.932. The van der Waals surface area contributed by atoms with Gasteiger partial charge in [0.15, 0.2) is 0 Å². The quantitative estimate of drug-likeness (QED) is 0.651. The number of piperidine rings is 1. The highest BCUT2D eigenvalue weighted by Crippen LogP contribution is 2.32. The van der Waals surface area contributed by atoms with Crippen LogP contribution in [-0.4, -0.2) is 44.0 Å². The Labute approximate surface area is 188 Å². The highest BCUT2D eigenvalue weighted by atomic mass is 19.4. The molecule has 2 aromatic carbocycles. The Bertz CT molecular complexity index is 996. The number of nitrogens with zero attached hydrogens (tertiary/aromatic N) is 1. The van der Waals surface area contributed by atoms with Gasteiger partial charge in [0.2, 0.25) is 5.91 Å². The summed E-state index contributed by atoms with van der Waals surface area (Å²) >= 11 is 0. The third-order valence-electron chi connectivity index (χ3n) is 5.58. The van der Waals surface area contributed by atoms with Crippen molar-refractivity contribution >= 4 is 11.8 Å². The lowest BCUT2D eigenvalue weighted by molar-refractivity contribution is -0.138. The molecule has 1 saturated heterocycles. The van der Waals surface area contributed by atoms with Crippen LogP contribution in [-0.2, 0) is 17.5 Å². The van der Waals surface area contributed by atoms with Gasteiger partial charge >= 0.3 is 6.18 Å². The molecule has 0 aliphatic carbocycles. The van der Waals surface area contributed by atoms with Gasteiger partial charge in [-0.2, -0.15) is 13.2 Å². The molecule has 1 heterocycles. The van der Waals surface area contributed by atoms with E-state index in [1.807, 2.05) is 0 Å². The minimum Gasteiger partial charge on any atom is -0.497 e. The molecule has 1 fully saturated rings. The number of ether oxygens (including phenoxy) is 2. The van der Waals surface area contributed by atoms with Crippen molar-refractivity contribution in [3.8, 4) is 11.5 Å². The number of halogens is 4. The lowest BCUT2D eigenvalue weighted by atomic mass is 9.95. The lowest BCUT2D eigenvalue weighted by Gasteiger charge is -2.31. The molecule has 0 aromatic heterocycles. The summed E-state index contributed by atoms with van der Waals surface area (Å²) in [6.45, 7) is 0.276. The van der Waals surface area contributed by atoms with Crippen LogP contribution in [0.3, 0.4) is 0 Å². The summed E-state index contributed by atoms with van der Waals surface area (Å²) in [5.74, 6) is -1.11. The minimum atomic E-state index is -4.73. The number of amides is 2. The van der Waals surface area contributed by atoms with Gasteiger partial charge in [0, 0.05) is 37.2 Å². The van der Waals surface area contributed by atoms with Crippen molar-refractivity contribution in [3.63, 3.8) is 0 Å². The van der Waals surface area contributed by atoms with Crippen LogP contribution >= 0.6 is 0 Å². The minimum absolute atomic E-state index is 0.211. The van der Waals surface area contributed by atoms with E-state index in [0.717, 1.165) is 12.1 Å². The maximum absolute atomic E-state index is 13.2. The Morgan fingerprint density at radius 2 is 1.64 bits per heavy atom. The first-order valence-electron chi connectivity index (χ1n) is 10.3. The highest BCUT2D eigenvalue weighted by Gasteiger charge is 2.34. The van der Waals surface area contributed by atoms with Gasteiger partial charge in [0.05, 0.1) is 19.8 Å². The summed E-state index contributed by atoms with van der Waals surface area (Å²) in [6, 6.07) is 7.21. The third-order valence-corrected chi connectivity index (χ3v) is 5.58. The topological polar surface area (TPSA) is 67.9 Å². The van der Waals surface area contributed by atoms with Crippen LogP contribution in [0.5, 0.6) is 11.5 Å². The molecule has 2 aromatic rings. The molecule has 10 heteroatoms. The van der Waals surface area contributed by atoms with E-state index in [-0.39, 0.29) is 18.0 Å². The van der Waals surface area contributed by atoms with Crippen molar-refractivity contribution in [1.29, 1.82) is 0 Å². The van der Waals surface area contributed by atoms with E-state index in [4.69, 9.17) is 9.47 Å². The summed E-state index contributed by atoms with van der Waals surface area (Å²) in [5, 5.41) is 2.51. The molecule has 2 amide bonds. The van der Waals surface area contributed by atoms with E-state index >= 15 is 0 Å². The highest BCUT2D eigenvalue weighted by molar-refractivity contribution is 5.95. The fraction of sp³-hybridized carbons (Fsp3) is 0.391. The standard InChI is InChI=1S/C23H24F4N2O4/c1-32-18-9-16(10-19(12-18)33-2)22(31)29-7-5-14(6-8-29)21(30)28-13-15-3-4-17(24)11-20(15)23(25,26)27/h3-4,9-12,14H,5-8,13H2,1-2H3,(H,28,30). The fourth-order valence-electron chi connectivity index (χ4n) is 3.75. The Balaban J connectivity index is 1.58. The van der Waals surface area contributed by atoms with Gasteiger partial charge in [0.1, 0.15) is 17.3 Å². The number of carbonyl (C=O) groups is 2. The fourth-order valence-corrected chi connectivity index (χ4v) is 3.75. The largest absolute Gasteiger partial charge is 0.497 e. The molecule has 0 bridgehead atoms. The molecular formula is C23H24F4N2O4. The van der Waals surface area contributed by atoms with Crippen LogP contribution in [0.25, 0.3) is 0 Å². The van der Waals surface area contributed by atoms with E-state index in [1.165, 1.54) is 14.2 Å². The molecule has 1 N–H and O–H groups in total. The van der Waals surface area contributed by atoms with Crippen LogP contribution in [0, 0.1) is 11.7 Å². The number of methoxy groups -OCH3 is 2. The molecule has 0 unspecified atom stereocenters. The van der Waals surface area contributed by atoms with Crippen LogP contribution in [0.4, 0.5) is 17.6 Å². The number of hydrogen-bond acceptors (Lipinski definition) is 4. The van der Waals surface area contributed by atoms with E-state index in [1.54, 1.807) is 23.1 Å². The molecule has 0 saturated carbocycles. The van der Waals surface area contributed by atoms with Crippen molar-refractivity contribution in [1.82, 2.24) is 10.2 Å². The first-order chi connectivity index (χ1) is 15.6. The number of alkyl halides is 3. The van der Waals surface area contributed by atoms with E-state index in [0.29, 0.717) is 49.1 Å². The zero-order valence-electron chi connectivity index (χ0n) is 18.2. The number of carbonyl (C=O) groups excluding carboxylic acids is 2. The number of rotatable bonds is 6. The molecule has 33 heavy (non-hydrogen) atoms. The van der Waals surface area contributed by atoms with Crippen molar-refractivity contribution < 1.29 is 36.6 Å². The SMILES string of the molecule is COc1cc(OC)cc(C(=O)N2CCC(C(=O)NCc3ccc(F)cc3C(F)(F)F)CC2)c1. The van der Waals surface area contributed by atoms with Gasteiger partial charge in [-0.15, -0.1) is 0 Å². The molecule has 1 aliphatic heterocycles. The van der Waals surface area contributed by atoms with Gasteiger partial charge in [0.25, 0.3) is 5.91 Å². The van der Waals surface area contributed by atoms with Crippen molar-refractivity contribution in [2.24, 2.45) is 5.92 Å². The molecule has 1 aliphatic rings. The Kier molecular flexibility index (Phi) is 7.45. The number of hydrogen-bond donors (Lipinski definition) is 1. The summed E-state index contributed by atoms with van der Waals surface area (Å²) in [4.78, 5) is 27.0. The number of nitrogens with one attached hydrogen (secondary N) is 1. The van der Waals surface area contributed by atoms with Crippen molar-refractivity contribution in [2.75, 3.05) is 27.3 Å². The predicted octanol–water partition coefficient (Wildman–Crippen LogP) is 4.03. The molecular weight excluding hydrogens is 444 g/mol. The molecule has 178 valence electrons. The number of likely N-dealkylation sites (tertiary alicyclic amines) is 1. The summed E-state index contributed by atoms with van der Waals surface area (Å²) < 4.78 is 63.0. The second kappa shape index (κ2) is 10.1. The van der Waals surface area contributed by atoms with E-state index < -0.39 is 29.4 Å². The second-order valence-corrected chi connectivity index (χ2v) is 7.68. The number of benzene rings is 2. The maximum atomic E-state index is 13.2. The van der Waals surface area contributed by atoms with Gasteiger partial charge < -0.3 is 19.7 Å². The van der Waals surface area contributed by atoms with Crippen LogP contribution in [0.15, 0.2) is 36.4 Å². The Morgan fingerprint density at radius 3 is 2.18 bits per heavy atom.